The number of hydrogen-bond acceptors (Lipinski definition) is 3. The Bertz CT molecular complexity index is 426. The molecule has 2 rings (SSSR count). The zero-order chi connectivity index (χ0) is 9.97. The van der Waals surface area contributed by atoms with Crippen LogP contribution in [0.2, 0.25) is 0 Å². The van der Waals surface area contributed by atoms with Crippen molar-refractivity contribution >= 4 is 15.9 Å². The van der Waals surface area contributed by atoms with Crippen LogP contribution in [0.5, 0.6) is 5.75 Å². The molecule has 0 bridgehead atoms. The molecule has 0 N–H and O–H groups in total. The molecule has 0 aliphatic carbocycles. The summed E-state index contributed by atoms with van der Waals surface area (Å²) in [4.78, 5) is 4.05. The first-order valence-electron chi connectivity index (χ1n) is 4.04. The van der Waals surface area contributed by atoms with Crippen molar-refractivity contribution in [2.75, 3.05) is 7.11 Å². The zero-order valence-electron chi connectivity index (χ0n) is 7.53. The fourth-order valence-corrected chi connectivity index (χ4v) is 1.71. The van der Waals surface area contributed by atoms with Crippen LogP contribution in [-0.4, -0.2) is 12.1 Å². The van der Waals surface area contributed by atoms with Crippen LogP contribution in [0.25, 0.3) is 11.5 Å². The summed E-state index contributed by atoms with van der Waals surface area (Å²) in [5.74, 6) is 1.40. The molecule has 0 spiro atoms. The van der Waals surface area contributed by atoms with Crippen LogP contribution in [-0.2, 0) is 0 Å². The Morgan fingerprint density at radius 1 is 1.43 bits per heavy atom. The number of oxazole rings is 1. The van der Waals surface area contributed by atoms with Gasteiger partial charge in [-0.25, -0.2) is 4.98 Å². The Balaban J connectivity index is 2.43. The number of methoxy groups -OCH3 is 1. The van der Waals surface area contributed by atoms with Crippen molar-refractivity contribution in [2.24, 2.45) is 0 Å². The Hall–Kier alpha value is -1.29. The highest BCUT2D eigenvalue weighted by Crippen LogP contribution is 2.29. The lowest BCUT2D eigenvalue weighted by Crippen LogP contribution is -1.85. The molecule has 0 unspecified atom stereocenters. The molecule has 0 fully saturated rings. The number of halogens is 1. The van der Waals surface area contributed by atoms with E-state index in [9.17, 15) is 0 Å². The summed E-state index contributed by atoms with van der Waals surface area (Å²) in [6, 6.07) is 5.67. The molecule has 0 atom stereocenters. The quantitative estimate of drug-likeness (QED) is 0.825. The first-order valence-corrected chi connectivity index (χ1v) is 4.84. The molecule has 1 aromatic heterocycles. The molecule has 1 heterocycles. The van der Waals surface area contributed by atoms with E-state index in [2.05, 4.69) is 20.9 Å². The largest absolute Gasteiger partial charge is 0.496 e. The van der Waals surface area contributed by atoms with E-state index in [0.29, 0.717) is 5.89 Å². The molecule has 4 heteroatoms. The van der Waals surface area contributed by atoms with E-state index in [1.54, 1.807) is 19.6 Å². The van der Waals surface area contributed by atoms with Gasteiger partial charge in [0.2, 0.25) is 5.89 Å². The maximum atomic E-state index is 5.18. The standard InChI is InChI=1S/C10H8BrNO2/c1-13-9-3-2-7(6-8(9)11)10-12-4-5-14-10/h2-6H,1H3. The van der Waals surface area contributed by atoms with E-state index < -0.39 is 0 Å². The van der Waals surface area contributed by atoms with Crippen LogP contribution < -0.4 is 4.74 Å². The summed E-state index contributed by atoms with van der Waals surface area (Å²) in [6.07, 6.45) is 3.17. The van der Waals surface area contributed by atoms with Gasteiger partial charge in [-0.1, -0.05) is 0 Å². The zero-order valence-corrected chi connectivity index (χ0v) is 9.11. The third-order valence-electron chi connectivity index (χ3n) is 1.83. The summed E-state index contributed by atoms with van der Waals surface area (Å²) in [5.41, 5.74) is 0.919. The fourth-order valence-electron chi connectivity index (χ4n) is 1.17. The van der Waals surface area contributed by atoms with Crippen molar-refractivity contribution in [3.8, 4) is 17.2 Å². The van der Waals surface area contributed by atoms with Gasteiger partial charge in [0.1, 0.15) is 12.0 Å². The van der Waals surface area contributed by atoms with E-state index in [1.807, 2.05) is 18.2 Å². The van der Waals surface area contributed by atoms with Gasteiger partial charge in [-0.05, 0) is 34.1 Å². The Morgan fingerprint density at radius 3 is 2.86 bits per heavy atom. The second-order valence-electron chi connectivity index (χ2n) is 2.69. The SMILES string of the molecule is COc1ccc(-c2ncco2)cc1Br. The minimum absolute atomic E-state index is 0.605. The maximum Gasteiger partial charge on any atom is 0.225 e. The number of ether oxygens (including phenoxy) is 1. The minimum atomic E-state index is 0.605. The summed E-state index contributed by atoms with van der Waals surface area (Å²) < 4.78 is 11.2. The highest BCUT2D eigenvalue weighted by Gasteiger charge is 2.05. The van der Waals surface area contributed by atoms with Gasteiger partial charge in [0, 0.05) is 5.56 Å². The van der Waals surface area contributed by atoms with Crippen LogP contribution in [0.1, 0.15) is 0 Å². The number of benzene rings is 1. The summed E-state index contributed by atoms with van der Waals surface area (Å²) in [5, 5.41) is 0. The van der Waals surface area contributed by atoms with Gasteiger partial charge in [0.25, 0.3) is 0 Å². The minimum Gasteiger partial charge on any atom is -0.496 e. The summed E-state index contributed by atoms with van der Waals surface area (Å²) in [7, 11) is 1.63. The van der Waals surface area contributed by atoms with E-state index in [-0.39, 0.29) is 0 Å². The van der Waals surface area contributed by atoms with Crippen LogP contribution in [0.15, 0.2) is 39.5 Å². The normalized spacial score (nSPS) is 10.1. The molecule has 3 nitrogen and oxygen atoms in total. The lowest BCUT2D eigenvalue weighted by molar-refractivity contribution is 0.412. The van der Waals surface area contributed by atoms with Gasteiger partial charge in [-0.15, -0.1) is 0 Å². The molecule has 0 radical (unpaired) electrons. The first kappa shape index (κ1) is 9.27. The van der Waals surface area contributed by atoms with Gasteiger partial charge >= 0.3 is 0 Å². The monoisotopic (exact) mass is 253 g/mol. The highest BCUT2D eigenvalue weighted by molar-refractivity contribution is 9.10. The van der Waals surface area contributed by atoms with Gasteiger partial charge in [-0.3, -0.25) is 0 Å². The van der Waals surface area contributed by atoms with E-state index in [4.69, 9.17) is 9.15 Å². The van der Waals surface area contributed by atoms with Crippen molar-refractivity contribution in [3.05, 3.63) is 35.1 Å². The van der Waals surface area contributed by atoms with Crippen LogP contribution >= 0.6 is 15.9 Å². The Kier molecular flexibility index (Phi) is 2.54. The molecule has 72 valence electrons. The lowest BCUT2D eigenvalue weighted by atomic mass is 10.2. The molecule has 2 aromatic rings. The molecule has 0 amide bonds. The van der Waals surface area contributed by atoms with Crippen molar-refractivity contribution in [2.45, 2.75) is 0 Å². The van der Waals surface area contributed by atoms with Crippen LogP contribution in [0.3, 0.4) is 0 Å². The average Bonchev–Trinajstić information content (AvgIpc) is 2.70. The molecule has 0 aliphatic rings. The Morgan fingerprint density at radius 2 is 2.29 bits per heavy atom. The molecule has 0 aliphatic heterocycles. The van der Waals surface area contributed by atoms with Gasteiger partial charge in [-0.2, -0.15) is 0 Å². The third-order valence-corrected chi connectivity index (χ3v) is 2.45. The first-order chi connectivity index (χ1) is 6.81. The summed E-state index contributed by atoms with van der Waals surface area (Å²) in [6.45, 7) is 0. The van der Waals surface area contributed by atoms with E-state index in [1.165, 1.54) is 0 Å². The predicted octanol–water partition coefficient (Wildman–Crippen LogP) is 3.11. The average molecular weight is 254 g/mol. The van der Waals surface area contributed by atoms with Crippen molar-refractivity contribution < 1.29 is 9.15 Å². The van der Waals surface area contributed by atoms with Crippen molar-refractivity contribution in [1.82, 2.24) is 4.98 Å². The van der Waals surface area contributed by atoms with E-state index >= 15 is 0 Å². The van der Waals surface area contributed by atoms with Crippen LogP contribution in [0, 0.1) is 0 Å². The Labute approximate surface area is 89.8 Å². The number of nitrogens with zero attached hydrogens (tertiary/aromatic N) is 1. The van der Waals surface area contributed by atoms with Gasteiger partial charge in [0.05, 0.1) is 17.8 Å². The second-order valence-corrected chi connectivity index (χ2v) is 3.54. The lowest BCUT2D eigenvalue weighted by Gasteiger charge is -2.03. The van der Waals surface area contributed by atoms with Crippen molar-refractivity contribution in [1.29, 1.82) is 0 Å². The van der Waals surface area contributed by atoms with Gasteiger partial charge in [0.15, 0.2) is 0 Å². The third kappa shape index (κ3) is 1.65. The number of hydrogen-bond donors (Lipinski definition) is 0. The predicted molar refractivity (Wildman–Crippen MR) is 56.2 cm³/mol. The second kappa shape index (κ2) is 3.84. The molecular weight excluding hydrogens is 246 g/mol. The molecular formula is C10H8BrNO2. The van der Waals surface area contributed by atoms with Gasteiger partial charge < -0.3 is 9.15 Å². The fraction of sp³-hybridized carbons (Fsp3) is 0.100. The molecule has 1 aromatic carbocycles. The molecule has 14 heavy (non-hydrogen) atoms. The number of aromatic nitrogens is 1. The molecule has 0 saturated carbocycles. The van der Waals surface area contributed by atoms with E-state index in [0.717, 1.165) is 15.8 Å². The van der Waals surface area contributed by atoms with Crippen molar-refractivity contribution in [3.63, 3.8) is 0 Å². The highest BCUT2D eigenvalue weighted by atomic mass is 79.9. The smallest absolute Gasteiger partial charge is 0.225 e. The molecule has 0 saturated heterocycles. The number of rotatable bonds is 2. The summed E-state index contributed by atoms with van der Waals surface area (Å²) >= 11 is 3.40. The topological polar surface area (TPSA) is 35.3 Å². The van der Waals surface area contributed by atoms with Crippen LogP contribution in [0.4, 0.5) is 0 Å². The maximum absolute atomic E-state index is 5.18.